The summed E-state index contributed by atoms with van der Waals surface area (Å²) in [4.78, 5) is 25.5. The largest absolute Gasteiger partial charge is 0.507 e. The molecule has 1 aliphatic carbocycles. The molecule has 1 atom stereocenters. The van der Waals surface area contributed by atoms with E-state index < -0.39 is 12.0 Å². The number of fused-ring (bicyclic) bond motifs is 1. The van der Waals surface area contributed by atoms with E-state index in [0.29, 0.717) is 13.0 Å². The van der Waals surface area contributed by atoms with Crippen LogP contribution in [0.4, 0.5) is 0 Å². The van der Waals surface area contributed by atoms with Crippen molar-refractivity contribution in [1.82, 2.24) is 4.90 Å². The Labute approximate surface area is 129 Å². The van der Waals surface area contributed by atoms with Crippen molar-refractivity contribution in [1.29, 1.82) is 0 Å². The van der Waals surface area contributed by atoms with Crippen LogP contribution < -0.4 is 0 Å². The smallest absolute Gasteiger partial charge is 0.326 e. The van der Waals surface area contributed by atoms with E-state index in [1.807, 2.05) is 6.07 Å². The van der Waals surface area contributed by atoms with E-state index in [0.717, 1.165) is 49.7 Å². The Kier molecular flexibility index (Phi) is 4.05. The lowest BCUT2D eigenvalue weighted by Gasteiger charge is -2.33. The quantitative estimate of drug-likeness (QED) is 0.879. The van der Waals surface area contributed by atoms with Crippen molar-refractivity contribution in [3.63, 3.8) is 0 Å². The van der Waals surface area contributed by atoms with Gasteiger partial charge in [-0.1, -0.05) is 6.07 Å². The van der Waals surface area contributed by atoms with Gasteiger partial charge in [0.1, 0.15) is 11.8 Å². The summed E-state index contributed by atoms with van der Waals surface area (Å²) in [6, 6.07) is 2.77. The molecule has 0 aromatic heterocycles. The van der Waals surface area contributed by atoms with Gasteiger partial charge in [0.05, 0.1) is 5.56 Å². The number of benzene rings is 1. The van der Waals surface area contributed by atoms with Gasteiger partial charge in [0.15, 0.2) is 0 Å². The van der Waals surface area contributed by atoms with E-state index in [2.05, 4.69) is 0 Å². The number of likely N-dealkylation sites (tertiary alicyclic amines) is 1. The van der Waals surface area contributed by atoms with Gasteiger partial charge in [-0.2, -0.15) is 0 Å². The zero-order valence-electron chi connectivity index (χ0n) is 12.5. The summed E-state index contributed by atoms with van der Waals surface area (Å²) < 4.78 is 0. The van der Waals surface area contributed by atoms with Crippen LogP contribution in [-0.2, 0) is 17.6 Å². The van der Waals surface area contributed by atoms with Crippen molar-refractivity contribution in [2.75, 3.05) is 6.54 Å². The minimum atomic E-state index is -0.967. The normalized spacial score (nSPS) is 21.3. The molecule has 5 nitrogen and oxygen atoms in total. The molecule has 2 N–H and O–H groups in total. The number of carboxylic acids is 1. The highest BCUT2D eigenvalue weighted by Gasteiger charge is 2.34. The number of aryl methyl sites for hydroxylation is 1. The van der Waals surface area contributed by atoms with E-state index in [1.54, 1.807) is 6.07 Å². The second-order valence-electron chi connectivity index (χ2n) is 6.15. The molecule has 0 spiro atoms. The van der Waals surface area contributed by atoms with Crippen molar-refractivity contribution in [2.45, 2.75) is 51.0 Å². The van der Waals surface area contributed by atoms with Crippen LogP contribution in [0.1, 0.15) is 53.6 Å². The van der Waals surface area contributed by atoms with Crippen molar-refractivity contribution >= 4 is 11.9 Å². The lowest BCUT2D eigenvalue weighted by atomic mass is 9.89. The second-order valence-corrected chi connectivity index (χ2v) is 6.15. The van der Waals surface area contributed by atoms with Crippen molar-refractivity contribution in [3.8, 4) is 5.75 Å². The highest BCUT2D eigenvalue weighted by Crippen LogP contribution is 2.33. The molecule has 0 radical (unpaired) electrons. The first kappa shape index (κ1) is 14.9. The van der Waals surface area contributed by atoms with Crippen LogP contribution in [0.2, 0.25) is 0 Å². The number of nitrogens with zero attached hydrogens (tertiary/aromatic N) is 1. The first-order valence-electron chi connectivity index (χ1n) is 7.97. The molecule has 1 aromatic carbocycles. The number of carboxylic acid groups (broad SMARTS) is 1. The minimum absolute atomic E-state index is 0.0527. The summed E-state index contributed by atoms with van der Waals surface area (Å²) in [6.45, 7) is 0.437. The Morgan fingerprint density at radius 1 is 1.09 bits per heavy atom. The predicted octanol–water partition coefficient (Wildman–Crippen LogP) is 2.35. The van der Waals surface area contributed by atoms with Crippen LogP contribution in [0.15, 0.2) is 12.1 Å². The SMILES string of the molecule is O=C(O)C1CCCCN1C(=O)c1ccc2c(c1O)CCCC2. The number of aliphatic carboxylic acids is 1. The molecule has 118 valence electrons. The number of aromatic hydroxyl groups is 1. The van der Waals surface area contributed by atoms with Crippen LogP contribution in [0.25, 0.3) is 0 Å². The van der Waals surface area contributed by atoms with Gasteiger partial charge in [-0.3, -0.25) is 4.79 Å². The number of hydrogen-bond donors (Lipinski definition) is 2. The molecular weight excluding hydrogens is 282 g/mol. The molecule has 0 saturated carbocycles. The summed E-state index contributed by atoms with van der Waals surface area (Å²) in [6.07, 6.45) is 5.93. The fraction of sp³-hybridized carbons (Fsp3) is 0.529. The van der Waals surface area contributed by atoms with E-state index in [1.165, 1.54) is 4.90 Å². The molecule has 1 aromatic rings. The fourth-order valence-corrected chi connectivity index (χ4v) is 3.57. The van der Waals surface area contributed by atoms with E-state index >= 15 is 0 Å². The third-order valence-corrected chi connectivity index (χ3v) is 4.78. The number of piperidine rings is 1. The van der Waals surface area contributed by atoms with Gasteiger partial charge < -0.3 is 15.1 Å². The molecule has 22 heavy (non-hydrogen) atoms. The lowest BCUT2D eigenvalue weighted by molar-refractivity contribution is -0.143. The van der Waals surface area contributed by atoms with Crippen molar-refractivity contribution in [3.05, 3.63) is 28.8 Å². The van der Waals surface area contributed by atoms with Crippen LogP contribution in [0.5, 0.6) is 5.75 Å². The molecule has 1 amide bonds. The van der Waals surface area contributed by atoms with Crippen LogP contribution in [0.3, 0.4) is 0 Å². The zero-order chi connectivity index (χ0) is 15.7. The van der Waals surface area contributed by atoms with Gasteiger partial charge >= 0.3 is 5.97 Å². The van der Waals surface area contributed by atoms with E-state index in [-0.39, 0.29) is 17.2 Å². The van der Waals surface area contributed by atoms with Crippen LogP contribution >= 0.6 is 0 Å². The Morgan fingerprint density at radius 3 is 2.64 bits per heavy atom. The maximum absolute atomic E-state index is 12.7. The first-order chi connectivity index (χ1) is 10.6. The molecule has 1 unspecified atom stereocenters. The highest BCUT2D eigenvalue weighted by atomic mass is 16.4. The average Bonchev–Trinajstić information content (AvgIpc) is 2.55. The maximum Gasteiger partial charge on any atom is 0.326 e. The summed E-state index contributed by atoms with van der Waals surface area (Å²) in [5.41, 5.74) is 2.21. The Bertz CT molecular complexity index is 611. The molecule has 2 aliphatic rings. The summed E-state index contributed by atoms with van der Waals surface area (Å²) in [5, 5.41) is 19.8. The predicted molar refractivity (Wildman–Crippen MR) is 81.1 cm³/mol. The Hall–Kier alpha value is -2.04. The Morgan fingerprint density at radius 2 is 1.86 bits per heavy atom. The zero-order valence-corrected chi connectivity index (χ0v) is 12.5. The number of carbonyl (C=O) groups is 2. The van der Waals surface area contributed by atoms with Crippen LogP contribution in [-0.4, -0.2) is 39.6 Å². The molecule has 1 saturated heterocycles. The number of rotatable bonds is 2. The standard InChI is InChI=1S/C17H21NO4/c19-15-12-6-2-1-5-11(12)8-9-13(15)16(20)18-10-4-3-7-14(18)17(21)22/h8-9,14,19H,1-7,10H2,(H,21,22). The molecular formula is C17H21NO4. The minimum Gasteiger partial charge on any atom is -0.507 e. The topological polar surface area (TPSA) is 77.8 Å². The lowest BCUT2D eigenvalue weighted by Crippen LogP contribution is -2.48. The number of phenolic OH excluding ortho intramolecular Hbond substituents is 1. The highest BCUT2D eigenvalue weighted by molar-refractivity contribution is 5.99. The van der Waals surface area contributed by atoms with Gasteiger partial charge in [-0.15, -0.1) is 0 Å². The summed E-state index contributed by atoms with van der Waals surface area (Å²) >= 11 is 0. The van der Waals surface area contributed by atoms with E-state index in [9.17, 15) is 19.8 Å². The van der Waals surface area contributed by atoms with Gasteiger partial charge in [0.25, 0.3) is 5.91 Å². The molecule has 0 bridgehead atoms. The number of carbonyl (C=O) groups excluding carboxylic acids is 1. The third kappa shape index (κ3) is 2.56. The number of phenols is 1. The maximum atomic E-state index is 12.7. The third-order valence-electron chi connectivity index (χ3n) is 4.78. The number of hydrogen-bond acceptors (Lipinski definition) is 3. The molecule has 1 fully saturated rings. The second kappa shape index (κ2) is 5.99. The average molecular weight is 303 g/mol. The van der Waals surface area contributed by atoms with Gasteiger partial charge in [0, 0.05) is 6.54 Å². The summed E-state index contributed by atoms with van der Waals surface area (Å²) in [7, 11) is 0. The molecule has 1 aliphatic heterocycles. The van der Waals surface area contributed by atoms with Gasteiger partial charge in [0.2, 0.25) is 0 Å². The molecule has 1 heterocycles. The van der Waals surface area contributed by atoms with Crippen LogP contribution in [0, 0.1) is 0 Å². The monoisotopic (exact) mass is 303 g/mol. The van der Waals surface area contributed by atoms with E-state index in [4.69, 9.17) is 0 Å². The molecule has 3 rings (SSSR count). The van der Waals surface area contributed by atoms with Gasteiger partial charge in [-0.05, 0) is 62.1 Å². The van der Waals surface area contributed by atoms with Gasteiger partial charge in [-0.25, -0.2) is 4.79 Å². The van der Waals surface area contributed by atoms with Crippen molar-refractivity contribution < 1.29 is 19.8 Å². The molecule has 5 heteroatoms. The fourth-order valence-electron chi connectivity index (χ4n) is 3.57. The number of amides is 1. The Balaban J connectivity index is 1.93. The van der Waals surface area contributed by atoms with Crippen molar-refractivity contribution in [2.24, 2.45) is 0 Å². The first-order valence-corrected chi connectivity index (χ1v) is 7.97. The summed E-state index contributed by atoms with van der Waals surface area (Å²) in [5.74, 6) is -1.28.